The minimum absolute atomic E-state index is 0.306. The molecule has 1 fully saturated rings. The normalized spacial score (nSPS) is 16.8. The second-order valence-electron chi connectivity index (χ2n) is 6.29. The average molecular weight is 330 g/mol. The maximum absolute atomic E-state index is 6.40. The van der Waals surface area contributed by atoms with Gasteiger partial charge in [-0.15, -0.1) is 0 Å². The Kier molecular flexibility index (Phi) is 5.24. The van der Waals surface area contributed by atoms with E-state index in [1.807, 2.05) is 31.3 Å². The highest BCUT2D eigenvalue weighted by atomic mass is 35.5. The van der Waals surface area contributed by atoms with Crippen molar-refractivity contribution in [3.8, 4) is 5.75 Å². The summed E-state index contributed by atoms with van der Waals surface area (Å²) in [5, 5.41) is 4.14. The molecule has 0 aromatic heterocycles. The summed E-state index contributed by atoms with van der Waals surface area (Å²) in [6.45, 7) is 0. The van der Waals surface area contributed by atoms with E-state index in [0.717, 1.165) is 25.0 Å². The molecule has 3 heteroatoms. The zero-order valence-corrected chi connectivity index (χ0v) is 14.4. The second kappa shape index (κ2) is 7.37. The zero-order valence-electron chi connectivity index (χ0n) is 13.6. The van der Waals surface area contributed by atoms with E-state index in [-0.39, 0.29) is 5.72 Å². The van der Waals surface area contributed by atoms with Crippen molar-refractivity contribution in [3.05, 3.63) is 65.2 Å². The van der Waals surface area contributed by atoms with Gasteiger partial charge in [-0.25, -0.2) is 0 Å². The summed E-state index contributed by atoms with van der Waals surface area (Å²) in [5.74, 6) is 1.34. The van der Waals surface area contributed by atoms with E-state index in [0.29, 0.717) is 10.9 Å². The molecule has 0 bridgehead atoms. The first-order valence-electron chi connectivity index (χ1n) is 8.40. The van der Waals surface area contributed by atoms with Crippen molar-refractivity contribution < 1.29 is 4.74 Å². The molecule has 1 N–H and O–H groups in total. The molecule has 1 aliphatic rings. The van der Waals surface area contributed by atoms with Crippen molar-refractivity contribution >= 4 is 11.6 Å². The SMILES string of the molecule is CNC(CCCc1ccccc1)(Oc1ccccc1Cl)C1CC1. The Hall–Kier alpha value is -1.51. The molecule has 0 amide bonds. The maximum Gasteiger partial charge on any atom is 0.163 e. The average Bonchev–Trinajstić information content (AvgIpc) is 3.42. The Bertz CT molecular complexity index is 627. The summed E-state index contributed by atoms with van der Waals surface area (Å²) in [4.78, 5) is 0. The monoisotopic (exact) mass is 329 g/mol. The van der Waals surface area contributed by atoms with Crippen LogP contribution in [0.3, 0.4) is 0 Å². The molecule has 2 nitrogen and oxygen atoms in total. The van der Waals surface area contributed by atoms with E-state index in [9.17, 15) is 0 Å². The summed E-state index contributed by atoms with van der Waals surface area (Å²) in [6.07, 6.45) is 5.58. The lowest BCUT2D eigenvalue weighted by Gasteiger charge is -2.35. The molecular formula is C20H24ClNO. The van der Waals surface area contributed by atoms with Gasteiger partial charge >= 0.3 is 0 Å². The predicted octanol–water partition coefficient (Wildman–Crippen LogP) is 5.07. The lowest BCUT2D eigenvalue weighted by molar-refractivity contribution is 0.00763. The van der Waals surface area contributed by atoms with Crippen LogP contribution in [-0.2, 0) is 6.42 Å². The quantitative estimate of drug-likeness (QED) is 0.683. The van der Waals surface area contributed by atoms with Gasteiger partial charge in [0.05, 0.1) is 5.02 Å². The van der Waals surface area contributed by atoms with Gasteiger partial charge in [-0.2, -0.15) is 0 Å². The van der Waals surface area contributed by atoms with E-state index in [4.69, 9.17) is 16.3 Å². The largest absolute Gasteiger partial charge is 0.471 e. The molecule has 122 valence electrons. The van der Waals surface area contributed by atoms with Crippen LogP contribution in [0.5, 0.6) is 5.75 Å². The first-order chi connectivity index (χ1) is 11.2. The molecule has 0 saturated heterocycles. The number of rotatable bonds is 8. The Balaban J connectivity index is 1.68. The van der Waals surface area contributed by atoms with E-state index in [2.05, 4.69) is 35.6 Å². The molecule has 23 heavy (non-hydrogen) atoms. The van der Waals surface area contributed by atoms with Crippen LogP contribution in [-0.4, -0.2) is 12.8 Å². The zero-order chi connectivity index (χ0) is 16.1. The third kappa shape index (κ3) is 4.07. The Morgan fingerprint density at radius 3 is 2.43 bits per heavy atom. The number of hydrogen-bond acceptors (Lipinski definition) is 2. The number of hydrogen-bond donors (Lipinski definition) is 1. The summed E-state index contributed by atoms with van der Waals surface area (Å²) in [6, 6.07) is 18.4. The highest BCUT2D eigenvalue weighted by Crippen LogP contribution is 2.44. The summed E-state index contributed by atoms with van der Waals surface area (Å²) < 4.78 is 6.40. The van der Waals surface area contributed by atoms with Crippen molar-refractivity contribution in [2.24, 2.45) is 5.92 Å². The smallest absolute Gasteiger partial charge is 0.163 e. The standard InChI is InChI=1S/C20H24ClNO/c1-22-20(17-13-14-17,23-19-12-6-5-11-18(19)21)15-7-10-16-8-3-2-4-9-16/h2-6,8-9,11-12,17,22H,7,10,13-15H2,1H3. The van der Waals surface area contributed by atoms with Gasteiger partial charge < -0.3 is 4.74 Å². The molecule has 1 saturated carbocycles. The van der Waals surface area contributed by atoms with Crippen molar-refractivity contribution in [3.63, 3.8) is 0 Å². The summed E-state index contributed by atoms with van der Waals surface area (Å²) in [7, 11) is 2.00. The summed E-state index contributed by atoms with van der Waals surface area (Å²) in [5.41, 5.74) is 1.07. The fraction of sp³-hybridized carbons (Fsp3) is 0.400. The number of halogens is 1. The van der Waals surface area contributed by atoms with Crippen LogP contribution in [0.1, 0.15) is 31.2 Å². The fourth-order valence-corrected chi connectivity index (χ4v) is 3.37. The van der Waals surface area contributed by atoms with Gasteiger partial charge in [-0.05, 0) is 50.4 Å². The molecule has 2 aromatic carbocycles. The van der Waals surface area contributed by atoms with Crippen LogP contribution < -0.4 is 10.1 Å². The van der Waals surface area contributed by atoms with Gasteiger partial charge in [0.25, 0.3) is 0 Å². The van der Waals surface area contributed by atoms with Gasteiger partial charge in [-0.1, -0.05) is 54.1 Å². The third-order valence-electron chi connectivity index (χ3n) is 4.65. The second-order valence-corrected chi connectivity index (χ2v) is 6.69. The Morgan fingerprint density at radius 2 is 1.78 bits per heavy atom. The number of ether oxygens (including phenoxy) is 1. The van der Waals surface area contributed by atoms with Crippen LogP contribution in [0.15, 0.2) is 54.6 Å². The number of nitrogens with one attached hydrogen (secondary N) is 1. The maximum atomic E-state index is 6.40. The van der Waals surface area contributed by atoms with E-state index < -0.39 is 0 Å². The third-order valence-corrected chi connectivity index (χ3v) is 4.96. The molecule has 2 aromatic rings. The number of benzene rings is 2. The molecule has 0 spiro atoms. The van der Waals surface area contributed by atoms with Gasteiger partial charge in [0.2, 0.25) is 0 Å². The number of para-hydroxylation sites is 1. The van der Waals surface area contributed by atoms with Crippen LogP contribution in [0.25, 0.3) is 0 Å². The lowest BCUT2D eigenvalue weighted by Crippen LogP contribution is -2.50. The Labute approximate surface area is 143 Å². The van der Waals surface area contributed by atoms with E-state index in [1.165, 1.54) is 18.4 Å². The summed E-state index contributed by atoms with van der Waals surface area (Å²) >= 11 is 6.29. The highest BCUT2D eigenvalue weighted by Gasteiger charge is 2.46. The molecule has 1 atom stereocenters. The molecular weight excluding hydrogens is 306 g/mol. The molecule has 0 aliphatic heterocycles. The Morgan fingerprint density at radius 1 is 1.09 bits per heavy atom. The van der Waals surface area contributed by atoms with Gasteiger partial charge in [0.1, 0.15) is 5.75 Å². The minimum atomic E-state index is -0.306. The lowest BCUT2D eigenvalue weighted by atomic mass is 9.98. The van der Waals surface area contributed by atoms with Crippen LogP contribution >= 0.6 is 11.6 Å². The number of aryl methyl sites for hydroxylation is 1. The van der Waals surface area contributed by atoms with Gasteiger partial charge in [0, 0.05) is 12.3 Å². The van der Waals surface area contributed by atoms with Crippen LogP contribution in [0.4, 0.5) is 0 Å². The van der Waals surface area contributed by atoms with Gasteiger partial charge in [-0.3, -0.25) is 5.32 Å². The van der Waals surface area contributed by atoms with Crippen LogP contribution in [0.2, 0.25) is 5.02 Å². The first-order valence-corrected chi connectivity index (χ1v) is 8.78. The van der Waals surface area contributed by atoms with Crippen molar-refractivity contribution in [1.82, 2.24) is 5.32 Å². The van der Waals surface area contributed by atoms with Crippen molar-refractivity contribution in [2.45, 2.75) is 37.8 Å². The minimum Gasteiger partial charge on any atom is -0.471 e. The molecule has 1 aliphatic carbocycles. The molecule has 3 rings (SSSR count). The predicted molar refractivity (Wildman–Crippen MR) is 96.0 cm³/mol. The molecule has 0 heterocycles. The van der Waals surface area contributed by atoms with E-state index >= 15 is 0 Å². The van der Waals surface area contributed by atoms with Gasteiger partial charge in [0.15, 0.2) is 5.72 Å². The highest BCUT2D eigenvalue weighted by molar-refractivity contribution is 6.32. The molecule has 1 unspecified atom stereocenters. The van der Waals surface area contributed by atoms with Crippen molar-refractivity contribution in [1.29, 1.82) is 0 Å². The van der Waals surface area contributed by atoms with Crippen molar-refractivity contribution in [2.75, 3.05) is 7.05 Å². The van der Waals surface area contributed by atoms with Crippen LogP contribution in [0, 0.1) is 5.92 Å². The molecule has 0 radical (unpaired) electrons. The fourth-order valence-electron chi connectivity index (χ4n) is 3.19. The first kappa shape index (κ1) is 16.4. The topological polar surface area (TPSA) is 21.3 Å². The van der Waals surface area contributed by atoms with E-state index in [1.54, 1.807) is 0 Å².